The number of nitrogens with one attached hydrogen (secondary N) is 1. The van der Waals surface area contributed by atoms with E-state index in [-0.39, 0.29) is 4.90 Å². The van der Waals surface area contributed by atoms with Crippen LogP contribution in [0.2, 0.25) is 0 Å². The fourth-order valence-electron chi connectivity index (χ4n) is 1.72. The maximum Gasteiger partial charge on any atom is 0.241 e. The molecule has 0 atom stereocenters. The molecule has 7 heteroatoms. The molecule has 1 aromatic rings. The van der Waals surface area contributed by atoms with Gasteiger partial charge in [0, 0.05) is 21.5 Å². The Morgan fingerprint density at radius 3 is 2.48 bits per heavy atom. The molecule has 0 saturated heterocycles. The van der Waals surface area contributed by atoms with Crippen molar-refractivity contribution in [3.05, 3.63) is 27.1 Å². The standard InChI is InChI=1S/C14H22Br2N2O2S/c1-11(2)18(3)9-5-4-8-17-21(19,20)14-7-6-12(15)10-13(14)16/h6-7,10-11,17H,4-5,8-9H2,1-3H3. The maximum atomic E-state index is 12.2. The fourth-order valence-corrected chi connectivity index (χ4v) is 4.54. The highest BCUT2D eigenvalue weighted by atomic mass is 79.9. The van der Waals surface area contributed by atoms with Crippen molar-refractivity contribution in [2.24, 2.45) is 0 Å². The minimum Gasteiger partial charge on any atom is -0.304 e. The first-order valence-electron chi connectivity index (χ1n) is 6.89. The maximum absolute atomic E-state index is 12.2. The Hall–Kier alpha value is 0.0500. The van der Waals surface area contributed by atoms with E-state index in [0.29, 0.717) is 17.1 Å². The smallest absolute Gasteiger partial charge is 0.241 e. The highest BCUT2D eigenvalue weighted by Gasteiger charge is 2.17. The Morgan fingerprint density at radius 2 is 1.90 bits per heavy atom. The van der Waals surface area contributed by atoms with Gasteiger partial charge in [-0.2, -0.15) is 0 Å². The minimum absolute atomic E-state index is 0.269. The molecule has 0 radical (unpaired) electrons. The van der Waals surface area contributed by atoms with Crippen LogP contribution in [0.5, 0.6) is 0 Å². The summed E-state index contributed by atoms with van der Waals surface area (Å²) in [5.41, 5.74) is 0. The molecule has 0 fully saturated rings. The van der Waals surface area contributed by atoms with Crippen molar-refractivity contribution in [2.75, 3.05) is 20.1 Å². The zero-order chi connectivity index (χ0) is 16.0. The van der Waals surface area contributed by atoms with E-state index in [1.54, 1.807) is 18.2 Å². The van der Waals surface area contributed by atoms with E-state index in [0.717, 1.165) is 23.9 Å². The molecule has 120 valence electrons. The second-order valence-electron chi connectivity index (χ2n) is 5.25. The first kappa shape index (κ1) is 19.1. The van der Waals surface area contributed by atoms with Crippen LogP contribution in [0.1, 0.15) is 26.7 Å². The number of halogens is 2. The van der Waals surface area contributed by atoms with E-state index in [9.17, 15) is 8.42 Å². The van der Waals surface area contributed by atoms with Gasteiger partial charge in [0.1, 0.15) is 0 Å². The third-order valence-electron chi connectivity index (χ3n) is 3.29. The van der Waals surface area contributed by atoms with Gasteiger partial charge in [0.2, 0.25) is 10.0 Å². The van der Waals surface area contributed by atoms with Gasteiger partial charge in [-0.1, -0.05) is 15.9 Å². The molecule has 0 aromatic heterocycles. The molecule has 1 N–H and O–H groups in total. The van der Waals surface area contributed by atoms with E-state index >= 15 is 0 Å². The monoisotopic (exact) mass is 440 g/mol. The molecule has 21 heavy (non-hydrogen) atoms. The lowest BCUT2D eigenvalue weighted by Crippen LogP contribution is -2.29. The summed E-state index contributed by atoms with van der Waals surface area (Å²) in [6.45, 7) is 5.72. The lowest BCUT2D eigenvalue weighted by atomic mass is 10.2. The Labute approximate surface area is 144 Å². The van der Waals surface area contributed by atoms with Crippen molar-refractivity contribution in [1.29, 1.82) is 0 Å². The summed E-state index contributed by atoms with van der Waals surface area (Å²) in [6, 6.07) is 5.55. The third-order valence-corrected chi connectivity index (χ3v) is 6.23. The average molecular weight is 442 g/mol. The van der Waals surface area contributed by atoms with E-state index in [1.165, 1.54) is 0 Å². The third kappa shape index (κ3) is 6.36. The molecule has 0 heterocycles. The number of benzene rings is 1. The largest absolute Gasteiger partial charge is 0.304 e. The molecule has 4 nitrogen and oxygen atoms in total. The molecule has 1 aromatic carbocycles. The molecule has 0 unspecified atom stereocenters. The summed E-state index contributed by atoms with van der Waals surface area (Å²) in [5.74, 6) is 0. The highest BCUT2D eigenvalue weighted by molar-refractivity contribution is 9.11. The number of sulfonamides is 1. The predicted octanol–water partition coefficient (Wildman–Crippen LogP) is 3.61. The highest BCUT2D eigenvalue weighted by Crippen LogP contribution is 2.25. The van der Waals surface area contributed by atoms with Crippen molar-refractivity contribution in [2.45, 2.75) is 37.6 Å². The number of unbranched alkanes of at least 4 members (excludes halogenated alkanes) is 1. The number of hydrogen-bond acceptors (Lipinski definition) is 3. The summed E-state index contributed by atoms with van der Waals surface area (Å²) in [7, 11) is -1.38. The minimum atomic E-state index is -3.46. The van der Waals surface area contributed by atoms with E-state index < -0.39 is 10.0 Å². The van der Waals surface area contributed by atoms with Crippen LogP contribution in [0.3, 0.4) is 0 Å². The van der Waals surface area contributed by atoms with E-state index in [4.69, 9.17) is 0 Å². The van der Waals surface area contributed by atoms with Gasteiger partial charge in [-0.15, -0.1) is 0 Å². The van der Waals surface area contributed by atoms with Crippen molar-refractivity contribution in [1.82, 2.24) is 9.62 Å². The quantitative estimate of drug-likeness (QED) is 0.626. The van der Waals surface area contributed by atoms with Crippen LogP contribution in [0.25, 0.3) is 0 Å². The second-order valence-corrected chi connectivity index (χ2v) is 8.76. The normalized spacial score (nSPS) is 12.3. The molecular formula is C14H22Br2N2O2S. The Kier molecular flexibility index (Phi) is 7.84. The van der Waals surface area contributed by atoms with Gasteiger partial charge in [0.15, 0.2) is 0 Å². The lowest BCUT2D eigenvalue weighted by molar-refractivity contribution is 0.268. The van der Waals surface area contributed by atoms with Crippen molar-refractivity contribution in [3.63, 3.8) is 0 Å². The Bertz CT molecular complexity index is 562. The first-order valence-corrected chi connectivity index (χ1v) is 9.96. The molecule has 0 saturated carbocycles. The summed E-state index contributed by atoms with van der Waals surface area (Å²) in [6.07, 6.45) is 1.79. The molecule has 1 rings (SSSR count). The van der Waals surface area contributed by atoms with Crippen LogP contribution in [-0.4, -0.2) is 39.5 Å². The molecule has 0 bridgehead atoms. The zero-order valence-corrected chi connectivity index (χ0v) is 16.6. The summed E-state index contributed by atoms with van der Waals surface area (Å²) in [4.78, 5) is 2.52. The molecular weight excluding hydrogens is 420 g/mol. The Morgan fingerprint density at radius 1 is 1.24 bits per heavy atom. The molecule has 0 spiro atoms. The van der Waals surface area contributed by atoms with Crippen LogP contribution in [0.15, 0.2) is 32.0 Å². The van der Waals surface area contributed by atoms with Crippen molar-refractivity contribution in [3.8, 4) is 0 Å². The Balaban J connectivity index is 2.47. The van der Waals surface area contributed by atoms with Crippen LogP contribution in [0.4, 0.5) is 0 Å². The van der Waals surface area contributed by atoms with Crippen LogP contribution < -0.4 is 4.72 Å². The molecule has 0 aliphatic rings. The van der Waals surface area contributed by atoms with Crippen LogP contribution >= 0.6 is 31.9 Å². The zero-order valence-electron chi connectivity index (χ0n) is 12.6. The van der Waals surface area contributed by atoms with Gasteiger partial charge in [-0.3, -0.25) is 0 Å². The summed E-state index contributed by atoms with van der Waals surface area (Å²) in [5, 5.41) is 0. The van der Waals surface area contributed by atoms with Crippen molar-refractivity contribution < 1.29 is 8.42 Å². The second kappa shape index (κ2) is 8.62. The van der Waals surface area contributed by atoms with Gasteiger partial charge in [-0.25, -0.2) is 13.1 Å². The topological polar surface area (TPSA) is 49.4 Å². The van der Waals surface area contributed by atoms with Gasteiger partial charge < -0.3 is 4.90 Å². The van der Waals surface area contributed by atoms with Gasteiger partial charge in [0.25, 0.3) is 0 Å². The fraction of sp³-hybridized carbons (Fsp3) is 0.571. The SMILES string of the molecule is CC(C)N(C)CCCCNS(=O)(=O)c1ccc(Br)cc1Br. The molecule has 0 aliphatic heterocycles. The van der Waals surface area contributed by atoms with Crippen LogP contribution in [-0.2, 0) is 10.0 Å². The van der Waals surface area contributed by atoms with E-state index in [2.05, 4.69) is 62.4 Å². The average Bonchev–Trinajstić information content (AvgIpc) is 2.37. The van der Waals surface area contributed by atoms with Crippen molar-refractivity contribution >= 4 is 41.9 Å². The first-order chi connectivity index (χ1) is 9.74. The number of hydrogen-bond donors (Lipinski definition) is 1. The summed E-state index contributed by atoms with van der Waals surface area (Å²) >= 11 is 6.60. The summed E-state index contributed by atoms with van der Waals surface area (Å²) < 4.78 is 28.4. The van der Waals surface area contributed by atoms with Gasteiger partial charge in [0.05, 0.1) is 4.90 Å². The predicted molar refractivity (Wildman–Crippen MR) is 94.0 cm³/mol. The van der Waals surface area contributed by atoms with Gasteiger partial charge in [-0.05, 0) is 74.4 Å². The van der Waals surface area contributed by atoms with E-state index in [1.807, 2.05) is 0 Å². The van der Waals surface area contributed by atoms with Crippen LogP contribution in [0, 0.1) is 0 Å². The number of nitrogens with zero attached hydrogens (tertiary/aromatic N) is 1. The molecule has 0 aliphatic carbocycles. The van der Waals surface area contributed by atoms with Gasteiger partial charge >= 0.3 is 0 Å². The lowest BCUT2D eigenvalue weighted by Gasteiger charge is -2.20. The molecule has 0 amide bonds. The number of rotatable bonds is 8.